The van der Waals surface area contributed by atoms with Crippen LogP contribution in [0.25, 0.3) is 0 Å². The number of hydrogen-bond acceptors (Lipinski definition) is 3. The lowest BCUT2D eigenvalue weighted by Gasteiger charge is -2.41. The number of hydrogen-bond donors (Lipinski definition) is 2. The lowest BCUT2D eigenvalue weighted by molar-refractivity contribution is -0.129. The predicted octanol–water partition coefficient (Wildman–Crippen LogP) is 4.02. The molecule has 0 saturated heterocycles. The molecule has 1 unspecified atom stereocenters. The molecule has 1 aliphatic heterocycles. The first-order chi connectivity index (χ1) is 11.6. The Balaban J connectivity index is 0.00000182. The third-order valence-electron chi connectivity index (χ3n) is 6.22. The van der Waals surface area contributed by atoms with Crippen LogP contribution in [0, 0.1) is 0 Å². The molecule has 2 aliphatic carbocycles. The molecule has 3 aliphatic rings. The van der Waals surface area contributed by atoms with Gasteiger partial charge in [0.15, 0.2) is 0 Å². The molecule has 1 heterocycles. The van der Waals surface area contributed by atoms with Gasteiger partial charge in [-0.2, -0.15) is 0 Å². The molecule has 0 radical (unpaired) electrons. The molecule has 4 rings (SSSR count). The van der Waals surface area contributed by atoms with E-state index in [0.29, 0.717) is 0 Å². The smallest absolute Gasteiger partial charge is 0.240 e. The Morgan fingerprint density at radius 1 is 1.04 bits per heavy atom. The standard InChI is InChI=1S/C20H28N2O2.ClH/c21-20(12-4-1-5-13-20)18(23)22-16-14-19(10-6-7-11-19)24-17-9-3-2-8-15(16)17;/h2-3,8-9,16H,1,4-7,10-14,21H2,(H,22,23);1H. The summed E-state index contributed by atoms with van der Waals surface area (Å²) >= 11 is 0. The minimum absolute atomic E-state index is 0. The zero-order valence-electron chi connectivity index (χ0n) is 14.8. The van der Waals surface area contributed by atoms with Crippen molar-refractivity contribution in [2.24, 2.45) is 5.73 Å². The van der Waals surface area contributed by atoms with Gasteiger partial charge in [-0.3, -0.25) is 4.79 Å². The van der Waals surface area contributed by atoms with Gasteiger partial charge in [-0.15, -0.1) is 12.4 Å². The van der Waals surface area contributed by atoms with Gasteiger partial charge in [0.05, 0.1) is 11.6 Å². The highest BCUT2D eigenvalue weighted by atomic mass is 35.5. The van der Waals surface area contributed by atoms with E-state index in [9.17, 15) is 4.79 Å². The van der Waals surface area contributed by atoms with Crippen LogP contribution >= 0.6 is 12.4 Å². The summed E-state index contributed by atoms with van der Waals surface area (Å²) in [4.78, 5) is 12.9. The second-order valence-electron chi connectivity index (χ2n) is 7.98. The number of halogens is 1. The first-order valence-corrected chi connectivity index (χ1v) is 9.48. The summed E-state index contributed by atoms with van der Waals surface area (Å²) in [5, 5.41) is 3.29. The predicted molar refractivity (Wildman–Crippen MR) is 101 cm³/mol. The average molecular weight is 365 g/mol. The summed E-state index contributed by atoms with van der Waals surface area (Å²) in [7, 11) is 0. The van der Waals surface area contributed by atoms with Crippen molar-refractivity contribution >= 4 is 18.3 Å². The van der Waals surface area contributed by atoms with Crippen molar-refractivity contribution in [3.8, 4) is 5.75 Å². The number of carbonyl (C=O) groups excluding carboxylic acids is 1. The Labute approximate surface area is 156 Å². The zero-order valence-corrected chi connectivity index (χ0v) is 15.6. The molecule has 25 heavy (non-hydrogen) atoms. The van der Waals surface area contributed by atoms with Crippen LogP contribution in [0.4, 0.5) is 0 Å². The maximum absolute atomic E-state index is 12.9. The molecular weight excluding hydrogens is 336 g/mol. The van der Waals surface area contributed by atoms with Crippen molar-refractivity contribution in [1.82, 2.24) is 5.32 Å². The summed E-state index contributed by atoms with van der Waals surface area (Å²) in [5.74, 6) is 0.961. The third kappa shape index (κ3) is 3.52. The van der Waals surface area contributed by atoms with E-state index in [4.69, 9.17) is 10.5 Å². The lowest BCUT2D eigenvalue weighted by Crippen LogP contribution is -2.56. The van der Waals surface area contributed by atoms with Gasteiger partial charge in [0.2, 0.25) is 5.91 Å². The molecule has 0 aromatic heterocycles. The highest BCUT2D eigenvalue weighted by Crippen LogP contribution is 2.47. The van der Waals surface area contributed by atoms with Crippen LogP contribution in [0.5, 0.6) is 5.75 Å². The molecule has 2 saturated carbocycles. The molecule has 1 spiro atoms. The molecule has 2 fully saturated rings. The van der Waals surface area contributed by atoms with E-state index >= 15 is 0 Å². The summed E-state index contributed by atoms with van der Waals surface area (Å²) < 4.78 is 6.38. The summed E-state index contributed by atoms with van der Waals surface area (Å²) in [6.45, 7) is 0. The van der Waals surface area contributed by atoms with Crippen molar-refractivity contribution in [3.63, 3.8) is 0 Å². The number of para-hydroxylation sites is 1. The van der Waals surface area contributed by atoms with Gasteiger partial charge < -0.3 is 15.8 Å². The number of amides is 1. The minimum atomic E-state index is -0.686. The fourth-order valence-corrected chi connectivity index (χ4v) is 4.78. The van der Waals surface area contributed by atoms with Crippen LogP contribution in [0.2, 0.25) is 0 Å². The molecule has 1 aromatic carbocycles. The summed E-state index contributed by atoms with van der Waals surface area (Å²) in [6.07, 6.45) is 10.4. The number of nitrogens with one attached hydrogen (secondary N) is 1. The van der Waals surface area contributed by atoms with E-state index in [1.54, 1.807) is 0 Å². The maximum atomic E-state index is 12.9. The number of fused-ring (bicyclic) bond motifs is 1. The topological polar surface area (TPSA) is 64.4 Å². The van der Waals surface area contributed by atoms with Crippen molar-refractivity contribution in [2.75, 3.05) is 0 Å². The van der Waals surface area contributed by atoms with E-state index in [2.05, 4.69) is 11.4 Å². The van der Waals surface area contributed by atoms with E-state index in [1.165, 1.54) is 19.3 Å². The maximum Gasteiger partial charge on any atom is 0.240 e. The Bertz CT molecular complexity index is 622. The summed E-state index contributed by atoms with van der Waals surface area (Å²) in [5.41, 5.74) is 6.76. The van der Waals surface area contributed by atoms with Crippen molar-refractivity contribution < 1.29 is 9.53 Å². The normalized spacial score (nSPS) is 26.2. The largest absolute Gasteiger partial charge is 0.487 e. The molecule has 4 nitrogen and oxygen atoms in total. The van der Waals surface area contributed by atoms with E-state index in [-0.39, 0.29) is 30.0 Å². The molecule has 5 heteroatoms. The Morgan fingerprint density at radius 3 is 2.40 bits per heavy atom. The van der Waals surface area contributed by atoms with Crippen molar-refractivity contribution in [1.29, 1.82) is 0 Å². The Morgan fingerprint density at radius 2 is 1.68 bits per heavy atom. The van der Waals surface area contributed by atoms with Gasteiger partial charge in [0.1, 0.15) is 11.4 Å². The summed E-state index contributed by atoms with van der Waals surface area (Å²) in [6, 6.07) is 8.16. The zero-order chi connectivity index (χ0) is 16.6. The van der Waals surface area contributed by atoms with Gasteiger partial charge in [0.25, 0.3) is 0 Å². The molecule has 1 aromatic rings. The highest BCUT2D eigenvalue weighted by molar-refractivity contribution is 5.86. The van der Waals surface area contributed by atoms with Gasteiger partial charge in [-0.05, 0) is 44.6 Å². The van der Waals surface area contributed by atoms with Crippen molar-refractivity contribution in [2.45, 2.75) is 81.4 Å². The monoisotopic (exact) mass is 364 g/mol. The van der Waals surface area contributed by atoms with Gasteiger partial charge in [-0.25, -0.2) is 0 Å². The fraction of sp³-hybridized carbons (Fsp3) is 0.650. The second kappa shape index (κ2) is 7.16. The van der Waals surface area contributed by atoms with Crippen molar-refractivity contribution in [3.05, 3.63) is 29.8 Å². The minimum Gasteiger partial charge on any atom is -0.487 e. The third-order valence-corrected chi connectivity index (χ3v) is 6.22. The fourth-order valence-electron chi connectivity index (χ4n) is 4.78. The van der Waals surface area contributed by atoms with E-state index in [0.717, 1.165) is 56.3 Å². The average Bonchev–Trinajstić information content (AvgIpc) is 3.03. The number of rotatable bonds is 2. The van der Waals surface area contributed by atoms with Crippen LogP contribution in [0.15, 0.2) is 24.3 Å². The van der Waals surface area contributed by atoms with Crippen LogP contribution in [0.3, 0.4) is 0 Å². The van der Waals surface area contributed by atoms with E-state index < -0.39 is 5.54 Å². The van der Waals surface area contributed by atoms with Crippen LogP contribution in [0.1, 0.15) is 75.8 Å². The molecule has 1 amide bonds. The Hall–Kier alpha value is -1.26. The molecule has 1 atom stereocenters. The van der Waals surface area contributed by atoms with Gasteiger partial charge >= 0.3 is 0 Å². The lowest BCUT2D eigenvalue weighted by atomic mass is 9.80. The first kappa shape index (κ1) is 18.5. The highest BCUT2D eigenvalue weighted by Gasteiger charge is 2.45. The number of ether oxygens (including phenoxy) is 1. The number of carbonyl (C=O) groups is 1. The number of benzene rings is 1. The van der Waals surface area contributed by atoms with Crippen LogP contribution < -0.4 is 15.8 Å². The number of nitrogens with two attached hydrogens (primary N) is 1. The van der Waals surface area contributed by atoms with Crippen LogP contribution in [-0.4, -0.2) is 17.0 Å². The quantitative estimate of drug-likeness (QED) is 0.832. The SMILES string of the molecule is Cl.NC1(C(=O)NC2CC3(CCCC3)Oc3ccccc32)CCCCC1. The first-order valence-electron chi connectivity index (χ1n) is 9.48. The molecular formula is C20H29ClN2O2. The second-order valence-corrected chi connectivity index (χ2v) is 7.98. The van der Waals surface area contributed by atoms with E-state index in [1.807, 2.05) is 18.2 Å². The van der Waals surface area contributed by atoms with Crippen LogP contribution in [-0.2, 0) is 4.79 Å². The molecule has 138 valence electrons. The molecule has 3 N–H and O–H groups in total. The Kier molecular flexibility index (Phi) is 5.31. The van der Waals surface area contributed by atoms with Gasteiger partial charge in [0, 0.05) is 12.0 Å². The van der Waals surface area contributed by atoms with Gasteiger partial charge in [-0.1, -0.05) is 37.5 Å². The molecule has 0 bridgehead atoms.